The van der Waals surface area contributed by atoms with Gasteiger partial charge >= 0.3 is 0 Å². The number of hydrogen-bond acceptors (Lipinski definition) is 2. The summed E-state index contributed by atoms with van der Waals surface area (Å²) in [6.45, 7) is 0. The first kappa shape index (κ1) is 11.3. The fraction of sp³-hybridized carbons (Fsp3) is 0.250. The van der Waals surface area contributed by atoms with Crippen LogP contribution in [0.1, 0.15) is 23.6 Å². The Balaban J connectivity index is 1.80. The highest BCUT2D eigenvalue weighted by atomic mass is 35.5. The van der Waals surface area contributed by atoms with Crippen LogP contribution in [0.4, 0.5) is 5.69 Å². The average Bonchev–Trinajstić information content (AvgIpc) is 2.78. The quantitative estimate of drug-likeness (QED) is 0.773. The van der Waals surface area contributed by atoms with E-state index in [-0.39, 0.29) is 12.1 Å². The molecular weight excluding hydrogens is 258 g/mol. The summed E-state index contributed by atoms with van der Waals surface area (Å²) in [6, 6.07) is 16.7. The van der Waals surface area contributed by atoms with E-state index in [2.05, 4.69) is 30.3 Å². The number of anilines is 1. The number of rotatable bonds is 1. The van der Waals surface area contributed by atoms with Crippen molar-refractivity contribution >= 4 is 17.3 Å². The molecule has 2 aliphatic rings. The van der Waals surface area contributed by atoms with Gasteiger partial charge in [0.05, 0.1) is 17.8 Å². The van der Waals surface area contributed by atoms with Crippen molar-refractivity contribution in [2.45, 2.75) is 25.0 Å². The topological polar surface area (TPSA) is 12.5 Å². The van der Waals surface area contributed by atoms with Crippen LogP contribution in [0.3, 0.4) is 0 Å². The minimum atomic E-state index is 0.224. The van der Waals surface area contributed by atoms with Crippen molar-refractivity contribution in [1.82, 2.24) is 0 Å². The second-order valence-electron chi connectivity index (χ2n) is 5.16. The zero-order valence-corrected chi connectivity index (χ0v) is 11.2. The number of benzene rings is 2. The molecule has 96 valence electrons. The van der Waals surface area contributed by atoms with Gasteiger partial charge in [0.1, 0.15) is 0 Å². The van der Waals surface area contributed by atoms with Gasteiger partial charge in [-0.25, -0.2) is 5.06 Å². The van der Waals surface area contributed by atoms with Crippen LogP contribution in [0.2, 0.25) is 5.02 Å². The van der Waals surface area contributed by atoms with Gasteiger partial charge in [-0.15, -0.1) is 0 Å². The Morgan fingerprint density at radius 1 is 1.05 bits per heavy atom. The summed E-state index contributed by atoms with van der Waals surface area (Å²) in [5, 5.41) is 2.87. The van der Waals surface area contributed by atoms with E-state index in [9.17, 15) is 0 Å². The molecule has 4 rings (SSSR count). The first-order valence-electron chi connectivity index (χ1n) is 6.61. The van der Waals surface area contributed by atoms with E-state index in [1.807, 2.05) is 23.3 Å². The van der Waals surface area contributed by atoms with Crippen LogP contribution < -0.4 is 5.06 Å². The van der Waals surface area contributed by atoms with E-state index in [0.717, 1.165) is 23.4 Å². The van der Waals surface area contributed by atoms with Crippen LogP contribution in [0.15, 0.2) is 48.5 Å². The van der Waals surface area contributed by atoms with Crippen molar-refractivity contribution < 1.29 is 4.84 Å². The van der Waals surface area contributed by atoms with Crippen LogP contribution in [-0.2, 0) is 11.3 Å². The maximum Gasteiger partial charge on any atom is 0.0921 e. The number of fused-ring (bicyclic) bond motifs is 4. The molecule has 0 amide bonds. The Labute approximate surface area is 117 Å². The monoisotopic (exact) mass is 271 g/mol. The SMILES string of the molecule is Clc1ccccc1[C@@H]1C[C@H]2Cc3ccccc3N1O2. The largest absolute Gasteiger partial charge is 0.269 e. The number of hydrogen-bond donors (Lipinski definition) is 0. The van der Waals surface area contributed by atoms with Crippen molar-refractivity contribution in [3.63, 3.8) is 0 Å². The lowest BCUT2D eigenvalue weighted by atomic mass is 10.0. The molecule has 2 aromatic carbocycles. The van der Waals surface area contributed by atoms with Gasteiger partial charge in [0, 0.05) is 17.9 Å². The summed E-state index contributed by atoms with van der Waals surface area (Å²) in [4.78, 5) is 6.02. The van der Waals surface area contributed by atoms with Gasteiger partial charge < -0.3 is 0 Å². The van der Waals surface area contributed by atoms with Crippen molar-refractivity contribution in [2.24, 2.45) is 0 Å². The first-order chi connectivity index (χ1) is 9.33. The molecule has 2 nitrogen and oxygen atoms in total. The van der Waals surface area contributed by atoms with E-state index < -0.39 is 0 Å². The molecule has 19 heavy (non-hydrogen) atoms. The molecule has 0 aromatic heterocycles. The maximum absolute atomic E-state index is 6.34. The first-order valence-corrected chi connectivity index (χ1v) is 6.99. The lowest BCUT2D eigenvalue weighted by molar-refractivity contribution is 0.0734. The highest BCUT2D eigenvalue weighted by molar-refractivity contribution is 6.31. The third kappa shape index (κ3) is 1.75. The van der Waals surface area contributed by atoms with Crippen molar-refractivity contribution in [2.75, 3.05) is 5.06 Å². The van der Waals surface area contributed by atoms with Gasteiger partial charge in [0.15, 0.2) is 0 Å². The molecule has 2 heterocycles. The van der Waals surface area contributed by atoms with Crippen LogP contribution in [0.5, 0.6) is 0 Å². The molecule has 0 radical (unpaired) electrons. The van der Waals surface area contributed by atoms with Crippen molar-refractivity contribution in [3.8, 4) is 0 Å². The number of hydroxylamine groups is 1. The Morgan fingerprint density at radius 3 is 2.74 bits per heavy atom. The smallest absolute Gasteiger partial charge is 0.0921 e. The van der Waals surface area contributed by atoms with Gasteiger partial charge in [0.2, 0.25) is 0 Å². The summed E-state index contributed by atoms with van der Waals surface area (Å²) in [6.07, 6.45) is 2.27. The van der Waals surface area contributed by atoms with E-state index in [4.69, 9.17) is 16.4 Å². The molecule has 2 bridgehead atoms. The normalized spacial score (nSPS) is 24.4. The molecular formula is C16H14ClNO. The molecule has 1 fully saturated rings. The van der Waals surface area contributed by atoms with E-state index in [1.54, 1.807) is 0 Å². The number of halogens is 1. The Morgan fingerprint density at radius 2 is 1.84 bits per heavy atom. The predicted octanol–water partition coefficient (Wildman–Crippen LogP) is 4.15. The molecule has 2 aromatic rings. The second-order valence-corrected chi connectivity index (χ2v) is 5.57. The van der Waals surface area contributed by atoms with E-state index in [1.165, 1.54) is 11.3 Å². The maximum atomic E-state index is 6.34. The highest BCUT2D eigenvalue weighted by Crippen LogP contribution is 2.45. The van der Waals surface area contributed by atoms with Crippen LogP contribution in [0, 0.1) is 0 Å². The minimum Gasteiger partial charge on any atom is -0.269 e. The lowest BCUT2D eigenvalue weighted by Crippen LogP contribution is -2.27. The number of para-hydroxylation sites is 1. The van der Waals surface area contributed by atoms with Crippen LogP contribution >= 0.6 is 11.6 Å². The van der Waals surface area contributed by atoms with Crippen molar-refractivity contribution in [3.05, 3.63) is 64.7 Å². The van der Waals surface area contributed by atoms with Gasteiger partial charge in [-0.3, -0.25) is 4.84 Å². The molecule has 0 aliphatic carbocycles. The Bertz CT molecular complexity index is 628. The minimum absolute atomic E-state index is 0.224. The fourth-order valence-corrected chi connectivity index (χ4v) is 3.37. The number of nitrogens with zero attached hydrogens (tertiary/aromatic N) is 1. The van der Waals surface area contributed by atoms with Gasteiger partial charge in [0.25, 0.3) is 0 Å². The van der Waals surface area contributed by atoms with E-state index in [0.29, 0.717) is 0 Å². The Kier molecular flexibility index (Phi) is 2.54. The summed E-state index contributed by atoms with van der Waals surface area (Å²) < 4.78 is 0. The molecule has 1 saturated heterocycles. The standard InChI is InChI=1S/C16H14ClNO/c17-14-7-3-2-6-13(14)16-10-12-9-11-5-1-4-8-15(11)18(16)19-12/h1-8,12,16H,9-10H2/t12-,16+/m1/s1. The molecule has 0 N–H and O–H groups in total. The molecule has 0 saturated carbocycles. The molecule has 2 atom stereocenters. The Hall–Kier alpha value is -1.51. The van der Waals surface area contributed by atoms with E-state index >= 15 is 0 Å². The third-order valence-corrected chi connectivity index (χ3v) is 4.32. The van der Waals surface area contributed by atoms with Gasteiger partial charge in [-0.1, -0.05) is 48.0 Å². The second kappa shape index (κ2) is 4.26. The average molecular weight is 272 g/mol. The van der Waals surface area contributed by atoms with Crippen LogP contribution in [0.25, 0.3) is 0 Å². The summed E-state index contributed by atoms with van der Waals surface area (Å²) in [5.41, 5.74) is 3.71. The zero-order chi connectivity index (χ0) is 12.8. The summed E-state index contributed by atoms with van der Waals surface area (Å²) in [5.74, 6) is 0. The summed E-state index contributed by atoms with van der Waals surface area (Å²) >= 11 is 6.34. The van der Waals surface area contributed by atoms with Crippen LogP contribution in [-0.4, -0.2) is 6.10 Å². The molecule has 0 unspecified atom stereocenters. The highest BCUT2D eigenvalue weighted by Gasteiger charge is 2.40. The van der Waals surface area contributed by atoms with Crippen molar-refractivity contribution in [1.29, 1.82) is 0 Å². The lowest BCUT2D eigenvalue weighted by Gasteiger charge is -2.30. The van der Waals surface area contributed by atoms with Gasteiger partial charge in [-0.2, -0.15) is 0 Å². The third-order valence-electron chi connectivity index (χ3n) is 3.97. The van der Waals surface area contributed by atoms with Gasteiger partial charge in [-0.05, 0) is 23.3 Å². The molecule has 2 aliphatic heterocycles. The fourth-order valence-electron chi connectivity index (χ4n) is 3.11. The summed E-state index contributed by atoms with van der Waals surface area (Å²) in [7, 11) is 0. The molecule has 3 heteroatoms. The zero-order valence-electron chi connectivity index (χ0n) is 10.4. The predicted molar refractivity (Wildman–Crippen MR) is 76.3 cm³/mol. The molecule has 0 spiro atoms.